The standard InChI is InChI=1S/C23H24N2O4S/c1-16(2)29-20-12-8-18(9-13-20)23(26)24-19-10-14-21(15-11-19)30(27,28)25-22-7-5-4-6-17(22)3/h4-16,25H,1-3H3,(H,24,26). The molecule has 0 heterocycles. The van der Waals surface area contributed by atoms with E-state index in [4.69, 9.17) is 4.74 Å². The number of ether oxygens (including phenoxy) is 1. The van der Waals surface area contributed by atoms with Crippen LogP contribution in [0.1, 0.15) is 29.8 Å². The van der Waals surface area contributed by atoms with Gasteiger partial charge >= 0.3 is 0 Å². The molecule has 6 nitrogen and oxygen atoms in total. The number of carbonyl (C=O) groups excluding carboxylic acids is 1. The SMILES string of the molecule is Cc1ccccc1NS(=O)(=O)c1ccc(NC(=O)c2ccc(OC(C)C)cc2)cc1. The van der Waals surface area contributed by atoms with Gasteiger partial charge in [-0.25, -0.2) is 8.42 Å². The van der Waals surface area contributed by atoms with Crippen molar-refractivity contribution in [2.24, 2.45) is 0 Å². The predicted molar refractivity (Wildman–Crippen MR) is 119 cm³/mol. The van der Waals surface area contributed by atoms with E-state index in [-0.39, 0.29) is 16.9 Å². The van der Waals surface area contributed by atoms with Crippen LogP contribution in [0.15, 0.2) is 77.7 Å². The lowest BCUT2D eigenvalue weighted by Crippen LogP contribution is -2.14. The number of anilines is 2. The summed E-state index contributed by atoms with van der Waals surface area (Å²) in [5.41, 5.74) is 2.33. The predicted octanol–water partition coefficient (Wildman–Crippen LogP) is 4.84. The van der Waals surface area contributed by atoms with Crippen LogP contribution in [0.4, 0.5) is 11.4 Å². The van der Waals surface area contributed by atoms with Crippen molar-refractivity contribution in [1.29, 1.82) is 0 Å². The van der Waals surface area contributed by atoms with Crippen molar-refractivity contribution in [2.75, 3.05) is 10.0 Å². The fourth-order valence-electron chi connectivity index (χ4n) is 2.77. The lowest BCUT2D eigenvalue weighted by atomic mass is 10.2. The Morgan fingerprint density at radius 1 is 0.900 bits per heavy atom. The molecular formula is C23H24N2O4S. The molecule has 0 aromatic heterocycles. The smallest absolute Gasteiger partial charge is 0.261 e. The first-order valence-electron chi connectivity index (χ1n) is 9.51. The van der Waals surface area contributed by atoms with Crippen molar-refractivity contribution in [1.82, 2.24) is 0 Å². The van der Waals surface area contributed by atoms with Crippen molar-refractivity contribution >= 4 is 27.3 Å². The van der Waals surface area contributed by atoms with Crippen LogP contribution in [0.25, 0.3) is 0 Å². The van der Waals surface area contributed by atoms with Gasteiger partial charge in [0.05, 0.1) is 16.7 Å². The fraction of sp³-hybridized carbons (Fsp3) is 0.174. The second kappa shape index (κ2) is 9.00. The third-order valence-electron chi connectivity index (χ3n) is 4.30. The van der Waals surface area contributed by atoms with E-state index in [0.717, 1.165) is 5.56 Å². The molecule has 3 rings (SSSR count). The molecule has 0 bridgehead atoms. The Kier molecular flexibility index (Phi) is 6.42. The molecule has 2 N–H and O–H groups in total. The van der Waals surface area contributed by atoms with E-state index in [1.54, 1.807) is 48.5 Å². The van der Waals surface area contributed by atoms with Crippen molar-refractivity contribution in [3.8, 4) is 5.75 Å². The van der Waals surface area contributed by atoms with Gasteiger partial charge in [-0.2, -0.15) is 0 Å². The summed E-state index contributed by atoms with van der Waals surface area (Å²) >= 11 is 0. The van der Waals surface area contributed by atoms with Crippen LogP contribution in [0.3, 0.4) is 0 Å². The molecular weight excluding hydrogens is 400 g/mol. The van der Waals surface area contributed by atoms with Gasteiger partial charge in [-0.3, -0.25) is 9.52 Å². The third-order valence-corrected chi connectivity index (χ3v) is 5.68. The first-order valence-corrected chi connectivity index (χ1v) is 11.0. The number of amides is 1. The zero-order valence-corrected chi connectivity index (χ0v) is 17.9. The summed E-state index contributed by atoms with van der Waals surface area (Å²) in [4.78, 5) is 12.5. The van der Waals surface area contributed by atoms with Gasteiger partial charge in [-0.1, -0.05) is 18.2 Å². The van der Waals surface area contributed by atoms with Gasteiger partial charge in [0.1, 0.15) is 5.75 Å². The second-order valence-corrected chi connectivity index (χ2v) is 8.77. The quantitative estimate of drug-likeness (QED) is 0.569. The largest absolute Gasteiger partial charge is 0.491 e. The molecule has 0 unspecified atom stereocenters. The Labute approximate surface area is 177 Å². The highest BCUT2D eigenvalue weighted by Gasteiger charge is 2.15. The van der Waals surface area contributed by atoms with Crippen LogP contribution in [-0.2, 0) is 10.0 Å². The Hall–Kier alpha value is -3.32. The van der Waals surface area contributed by atoms with Gasteiger partial charge in [0, 0.05) is 11.3 Å². The van der Waals surface area contributed by atoms with Gasteiger partial charge in [0.2, 0.25) is 0 Å². The third kappa shape index (κ3) is 5.39. The van der Waals surface area contributed by atoms with E-state index in [0.29, 0.717) is 22.7 Å². The minimum Gasteiger partial charge on any atom is -0.491 e. The Morgan fingerprint density at radius 3 is 2.13 bits per heavy atom. The Bertz CT molecular complexity index is 1120. The number of hydrogen-bond donors (Lipinski definition) is 2. The summed E-state index contributed by atoms with van der Waals surface area (Å²) < 4.78 is 33.4. The molecule has 30 heavy (non-hydrogen) atoms. The monoisotopic (exact) mass is 424 g/mol. The van der Waals surface area contributed by atoms with Crippen LogP contribution in [0.2, 0.25) is 0 Å². The van der Waals surface area contributed by atoms with E-state index in [2.05, 4.69) is 10.0 Å². The number of rotatable bonds is 7. The molecule has 156 valence electrons. The maximum atomic E-state index is 12.6. The van der Waals surface area contributed by atoms with E-state index < -0.39 is 10.0 Å². The molecule has 0 radical (unpaired) electrons. The minimum atomic E-state index is -3.72. The van der Waals surface area contributed by atoms with Crippen LogP contribution in [0.5, 0.6) is 5.75 Å². The number of aryl methyl sites for hydroxylation is 1. The number of benzene rings is 3. The Balaban J connectivity index is 1.68. The molecule has 0 aliphatic heterocycles. The summed E-state index contributed by atoms with van der Waals surface area (Å²) in [7, 11) is -3.72. The molecule has 0 aliphatic rings. The van der Waals surface area contributed by atoms with Gasteiger partial charge in [0.15, 0.2) is 0 Å². The molecule has 0 saturated heterocycles. The van der Waals surface area contributed by atoms with Gasteiger partial charge < -0.3 is 10.1 Å². The molecule has 7 heteroatoms. The van der Waals surface area contributed by atoms with E-state index in [1.807, 2.05) is 32.9 Å². The molecule has 0 atom stereocenters. The first kappa shape index (κ1) is 21.4. The van der Waals surface area contributed by atoms with E-state index >= 15 is 0 Å². The van der Waals surface area contributed by atoms with Gasteiger partial charge in [-0.15, -0.1) is 0 Å². The molecule has 0 fully saturated rings. The lowest BCUT2D eigenvalue weighted by Gasteiger charge is -2.12. The number of hydrogen-bond acceptors (Lipinski definition) is 4. The summed E-state index contributed by atoms with van der Waals surface area (Å²) in [6.07, 6.45) is 0.0553. The number of nitrogens with one attached hydrogen (secondary N) is 2. The van der Waals surface area contributed by atoms with Crippen LogP contribution in [-0.4, -0.2) is 20.4 Å². The summed E-state index contributed by atoms with van der Waals surface area (Å²) in [5, 5.41) is 2.76. The van der Waals surface area contributed by atoms with E-state index in [1.165, 1.54) is 12.1 Å². The van der Waals surface area contributed by atoms with Crippen LogP contribution >= 0.6 is 0 Å². The maximum Gasteiger partial charge on any atom is 0.261 e. The summed E-state index contributed by atoms with van der Waals surface area (Å²) in [6.45, 7) is 5.69. The second-order valence-electron chi connectivity index (χ2n) is 7.09. The average Bonchev–Trinajstić information content (AvgIpc) is 2.70. The zero-order valence-electron chi connectivity index (χ0n) is 17.0. The lowest BCUT2D eigenvalue weighted by molar-refractivity contribution is 0.102. The van der Waals surface area contributed by atoms with Crippen molar-refractivity contribution < 1.29 is 17.9 Å². The van der Waals surface area contributed by atoms with Crippen molar-refractivity contribution in [2.45, 2.75) is 31.8 Å². The van der Waals surface area contributed by atoms with Crippen molar-refractivity contribution in [3.05, 3.63) is 83.9 Å². The highest BCUT2D eigenvalue weighted by molar-refractivity contribution is 7.92. The number of para-hydroxylation sites is 1. The highest BCUT2D eigenvalue weighted by Crippen LogP contribution is 2.21. The molecule has 3 aromatic rings. The normalized spacial score (nSPS) is 11.2. The van der Waals surface area contributed by atoms with Gasteiger partial charge in [0.25, 0.3) is 15.9 Å². The topological polar surface area (TPSA) is 84.5 Å². The first-order chi connectivity index (χ1) is 14.2. The summed E-state index contributed by atoms with van der Waals surface area (Å²) in [6, 6.07) is 20.0. The average molecular weight is 425 g/mol. The highest BCUT2D eigenvalue weighted by atomic mass is 32.2. The van der Waals surface area contributed by atoms with Gasteiger partial charge in [-0.05, 0) is 80.9 Å². The summed E-state index contributed by atoms with van der Waals surface area (Å²) in [5.74, 6) is 0.400. The zero-order chi connectivity index (χ0) is 21.7. The molecule has 3 aromatic carbocycles. The minimum absolute atomic E-state index is 0.0553. The number of sulfonamides is 1. The molecule has 0 saturated carbocycles. The van der Waals surface area contributed by atoms with Crippen LogP contribution < -0.4 is 14.8 Å². The Morgan fingerprint density at radius 2 is 1.53 bits per heavy atom. The fourth-order valence-corrected chi connectivity index (χ4v) is 3.90. The number of carbonyl (C=O) groups is 1. The molecule has 0 aliphatic carbocycles. The van der Waals surface area contributed by atoms with Crippen LogP contribution in [0, 0.1) is 6.92 Å². The van der Waals surface area contributed by atoms with E-state index in [9.17, 15) is 13.2 Å². The molecule has 1 amide bonds. The molecule has 0 spiro atoms. The van der Waals surface area contributed by atoms with Crippen molar-refractivity contribution in [3.63, 3.8) is 0 Å². The maximum absolute atomic E-state index is 12.6.